The zero-order valence-corrected chi connectivity index (χ0v) is 9.54. The third kappa shape index (κ3) is 5.93. The van der Waals surface area contributed by atoms with Gasteiger partial charge in [0, 0.05) is 0 Å². The number of rotatable bonds is 6. The number of nitrogens with one attached hydrogen (secondary N) is 1. The second-order valence-corrected chi connectivity index (χ2v) is 2.96. The molecule has 0 fully saturated rings. The van der Waals surface area contributed by atoms with Crippen LogP contribution >= 0.6 is 0 Å². The van der Waals surface area contributed by atoms with Crippen LogP contribution in [0, 0.1) is 0 Å². The van der Waals surface area contributed by atoms with Crippen molar-refractivity contribution in [3.8, 4) is 0 Å². The molecule has 0 aromatic carbocycles. The van der Waals surface area contributed by atoms with Crippen LogP contribution in [0.5, 0.6) is 0 Å². The Kier molecular flexibility index (Phi) is 7.40. The first-order valence-corrected chi connectivity index (χ1v) is 5.25. The average molecular weight is 217 g/mol. The molecule has 0 saturated heterocycles. The van der Waals surface area contributed by atoms with Gasteiger partial charge in [-0.3, -0.25) is 0 Å². The minimum Gasteiger partial charge on any atom is -0.464 e. The fourth-order valence-corrected chi connectivity index (χ4v) is 1.10. The number of hydrogen-bond acceptors (Lipinski definition) is 4. The quantitative estimate of drug-likeness (QED) is 0.684. The van der Waals surface area contributed by atoms with Crippen molar-refractivity contribution in [2.45, 2.75) is 39.7 Å². The molecule has 0 radical (unpaired) electrons. The van der Waals surface area contributed by atoms with Gasteiger partial charge in [0.25, 0.3) is 0 Å². The molecule has 5 heteroatoms. The molecule has 0 aromatic rings. The molecule has 1 amide bonds. The Bertz CT molecular complexity index is 206. The van der Waals surface area contributed by atoms with E-state index >= 15 is 0 Å². The molecule has 0 saturated carbocycles. The number of carbonyl (C=O) groups excluding carboxylic acids is 2. The summed E-state index contributed by atoms with van der Waals surface area (Å²) in [6.07, 6.45) is 0.761. The highest BCUT2D eigenvalue weighted by Crippen LogP contribution is 2.00. The highest BCUT2D eigenvalue weighted by Gasteiger charge is 2.21. The molecule has 0 rings (SSSR count). The molecule has 1 unspecified atom stereocenters. The summed E-state index contributed by atoms with van der Waals surface area (Å²) in [5.74, 6) is -0.410. The van der Waals surface area contributed by atoms with Gasteiger partial charge in [-0.2, -0.15) is 0 Å². The molecule has 5 nitrogen and oxygen atoms in total. The topological polar surface area (TPSA) is 64.6 Å². The molecule has 0 aliphatic heterocycles. The van der Waals surface area contributed by atoms with Gasteiger partial charge in [0.15, 0.2) is 0 Å². The monoisotopic (exact) mass is 217 g/mol. The van der Waals surface area contributed by atoms with E-state index in [1.165, 1.54) is 0 Å². The third-order valence-electron chi connectivity index (χ3n) is 1.72. The summed E-state index contributed by atoms with van der Waals surface area (Å²) in [7, 11) is 0. The summed E-state index contributed by atoms with van der Waals surface area (Å²) >= 11 is 0. The van der Waals surface area contributed by atoms with E-state index in [2.05, 4.69) is 10.1 Å². The maximum absolute atomic E-state index is 11.4. The van der Waals surface area contributed by atoms with Crippen LogP contribution in [0.3, 0.4) is 0 Å². The average Bonchev–Trinajstić information content (AvgIpc) is 2.18. The van der Waals surface area contributed by atoms with E-state index in [0.717, 1.165) is 6.42 Å². The van der Waals surface area contributed by atoms with E-state index in [-0.39, 0.29) is 6.61 Å². The molecule has 1 atom stereocenters. The minimum atomic E-state index is -0.603. The van der Waals surface area contributed by atoms with Crippen molar-refractivity contribution in [3.05, 3.63) is 0 Å². The summed E-state index contributed by atoms with van der Waals surface area (Å²) in [5.41, 5.74) is 0. The Hall–Kier alpha value is -1.26. The van der Waals surface area contributed by atoms with Gasteiger partial charge in [0.2, 0.25) is 0 Å². The molecule has 0 heterocycles. The number of ether oxygens (including phenoxy) is 2. The normalized spacial score (nSPS) is 11.7. The molecule has 1 N–H and O–H groups in total. The predicted molar refractivity (Wildman–Crippen MR) is 55.5 cm³/mol. The van der Waals surface area contributed by atoms with Crippen molar-refractivity contribution in [1.29, 1.82) is 0 Å². The zero-order valence-electron chi connectivity index (χ0n) is 9.54. The molecule has 88 valence electrons. The van der Waals surface area contributed by atoms with Gasteiger partial charge in [-0.05, 0) is 20.3 Å². The largest absolute Gasteiger partial charge is 0.464 e. The van der Waals surface area contributed by atoms with Gasteiger partial charge in [0.1, 0.15) is 6.04 Å². The number of alkyl carbamates (subject to hydrolysis) is 1. The number of amides is 1. The maximum atomic E-state index is 11.4. The van der Waals surface area contributed by atoms with Gasteiger partial charge in [-0.1, -0.05) is 13.3 Å². The van der Waals surface area contributed by atoms with Crippen molar-refractivity contribution >= 4 is 12.1 Å². The van der Waals surface area contributed by atoms with E-state index in [9.17, 15) is 9.59 Å². The minimum absolute atomic E-state index is 0.285. The van der Waals surface area contributed by atoms with Crippen LogP contribution in [-0.4, -0.2) is 31.3 Å². The fourth-order valence-electron chi connectivity index (χ4n) is 1.10. The molecule has 0 aliphatic carbocycles. The van der Waals surface area contributed by atoms with Crippen molar-refractivity contribution in [1.82, 2.24) is 5.32 Å². The first kappa shape index (κ1) is 13.7. The molecule has 0 bridgehead atoms. The molecule has 0 spiro atoms. The Morgan fingerprint density at radius 3 is 2.20 bits per heavy atom. The predicted octanol–water partition coefficient (Wildman–Crippen LogP) is 1.46. The lowest BCUT2D eigenvalue weighted by Crippen LogP contribution is -2.42. The van der Waals surface area contributed by atoms with Crippen molar-refractivity contribution < 1.29 is 19.1 Å². The number of esters is 1. The van der Waals surface area contributed by atoms with Crippen LogP contribution in [-0.2, 0) is 14.3 Å². The second-order valence-electron chi connectivity index (χ2n) is 2.96. The highest BCUT2D eigenvalue weighted by atomic mass is 16.6. The van der Waals surface area contributed by atoms with E-state index < -0.39 is 18.1 Å². The number of hydrogen-bond donors (Lipinski definition) is 1. The van der Waals surface area contributed by atoms with E-state index in [0.29, 0.717) is 13.0 Å². The van der Waals surface area contributed by atoms with Crippen LogP contribution < -0.4 is 5.32 Å². The lowest BCUT2D eigenvalue weighted by Gasteiger charge is -2.15. The third-order valence-corrected chi connectivity index (χ3v) is 1.72. The summed E-state index contributed by atoms with van der Waals surface area (Å²) in [5, 5.41) is 2.47. The van der Waals surface area contributed by atoms with Crippen LogP contribution in [0.1, 0.15) is 33.6 Å². The van der Waals surface area contributed by atoms with E-state index in [4.69, 9.17) is 4.74 Å². The van der Waals surface area contributed by atoms with Crippen molar-refractivity contribution in [2.24, 2.45) is 0 Å². The van der Waals surface area contributed by atoms with Crippen LogP contribution in [0.25, 0.3) is 0 Å². The Labute approximate surface area is 90.1 Å². The van der Waals surface area contributed by atoms with Gasteiger partial charge in [-0.15, -0.1) is 0 Å². The summed E-state index contributed by atoms with van der Waals surface area (Å²) in [4.78, 5) is 22.5. The Morgan fingerprint density at radius 2 is 1.73 bits per heavy atom. The zero-order chi connectivity index (χ0) is 11.7. The lowest BCUT2D eigenvalue weighted by atomic mass is 10.2. The molecular formula is C10H19NO4. The van der Waals surface area contributed by atoms with Gasteiger partial charge in [0.05, 0.1) is 13.2 Å². The first-order valence-electron chi connectivity index (χ1n) is 5.25. The summed E-state index contributed by atoms with van der Waals surface area (Å²) < 4.78 is 9.52. The van der Waals surface area contributed by atoms with Gasteiger partial charge < -0.3 is 14.8 Å². The van der Waals surface area contributed by atoms with Crippen LogP contribution in [0.2, 0.25) is 0 Å². The van der Waals surface area contributed by atoms with Crippen molar-refractivity contribution in [2.75, 3.05) is 13.2 Å². The SMILES string of the molecule is CCCC(NC(=O)OCC)C(=O)OCC. The molecule has 15 heavy (non-hydrogen) atoms. The summed E-state index contributed by atoms with van der Waals surface area (Å²) in [6, 6.07) is -0.603. The highest BCUT2D eigenvalue weighted by molar-refractivity contribution is 5.81. The smallest absolute Gasteiger partial charge is 0.407 e. The van der Waals surface area contributed by atoms with E-state index in [1.807, 2.05) is 6.92 Å². The molecular weight excluding hydrogens is 198 g/mol. The second kappa shape index (κ2) is 8.08. The number of carbonyl (C=O) groups is 2. The van der Waals surface area contributed by atoms with Gasteiger partial charge >= 0.3 is 12.1 Å². The Morgan fingerprint density at radius 1 is 1.13 bits per heavy atom. The fraction of sp³-hybridized carbons (Fsp3) is 0.800. The van der Waals surface area contributed by atoms with Crippen LogP contribution in [0.15, 0.2) is 0 Å². The standard InChI is InChI=1S/C10H19NO4/c1-4-7-8(9(12)14-5-2)11-10(13)15-6-3/h8H,4-7H2,1-3H3,(H,11,13). The van der Waals surface area contributed by atoms with Crippen molar-refractivity contribution in [3.63, 3.8) is 0 Å². The molecule has 0 aliphatic rings. The van der Waals surface area contributed by atoms with E-state index in [1.54, 1.807) is 13.8 Å². The molecule has 0 aromatic heterocycles. The Balaban J connectivity index is 4.13. The summed E-state index contributed by atoms with van der Waals surface area (Å²) in [6.45, 7) is 5.96. The van der Waals surface area contributed by atoms with Gasteiger partial charge in [-0.25, -0.2) is 9.59 Å². The first-order chi connectivity index (χ1) is 7.15. The van der Waals surface area contributed by atoms with Crippen LogP contribution in [0.4, 0.5) is 4.79 Å². The maximum Gasteiger partial charge on any atom is 0.407 e. The lowest BCUT2D eigenvalue weighted by molar-refractivity contribution is -0.145.